The van der Waals surface area contributed by atoms with E-state index in [0.29, 0.717) is 22.2 Å². The molecule has 2 N–H and O–H groups in total. The van der Waals surface area contributed by atoms with Gasteiger partial charge in [0, 0.05) is 18.0 Å². The number of carbonyl (C=O) groups is 1. The van der Waals surface area contributed by atoms with Crippen LogP contribution in [-0.4, -0.2) is 12.3 Å². The van der Waals surface area contributed by atoms with E-state index in [1.165, 1.54) is 70.6 Å². The van der Waals surface area contributed by atoms with Gasteiger partial charge in [-0.2, -0.15) is 0 Å². The molecule has 0 saturated carbocycles. The van der Waals surface area contributed by atoms with Crippen LogP contribution in [0.4, 0.5) is 0 Å². The fourth-order valence-corrected chi connectivity index (χ4v) is 3.77. The molecular formula is C23H38BrCl2NO. The smallest absolute Gasteiger partial charge is 0.167 e. The summed E-state index contributed by atoms with van der Waals surface area (Å²) in [6.07, 6.45) is 16.7. The molecule has 0 aliphatic carbocycles. The minimum atomic E-state index is -0.120. The second-order valence-corrected chi connectivity index (χ2v) is 8.42. The third kappa shape index (κ3) is 11.8. The Bertz CT molecular complexity index is 539. The number of hydrogen-bond donors (Lipinski definition) is 1. The Kier molecular flexibility index (Phi) is 17.7. The van der Waals surface area contributed by atoms with Gasteiger partial charge >= 0.3 is 0 Å². The van der Waals surface area contributed by atoms with Crippen LogP contribution in [0.25, 0.3) is 0 Å². The molecule has 28 heavy (non-hydrogen) atoms. The summed E-state index contributed by atoms with van der Waals surface area (Å²) in [7, 11) is 0. The van der Waals surface area contributed by atoms with Crippen LogP contribution in [-0.2, 0) is 0 Å². The Labute approximate surface area is 192 Å². The molecule has 0 heterocycles. The molecule has 0 fully saturated rings. The lowest BCUT2D eigenvalue weighted by molar-refractivity contribution is 0.0916. The van der Waals surface area contributed by atoms with Crippen LogP contribution < -0.4 is 5.73 Å². The molecule has 0 aliphatic heterocycles. The highest BCUT2D eigenvalue weighted by atomic mass is 79.9. The maximum atomic E-state index is 12.6. The molecule has 0 amide bonds. The molecule has 2 nitrogen and oxygen atoms in total. The molecular weight excluding hydrogens is 457 g/mol. The zero-order valence-electron chi connectivity index (χ0n) is 17.4. The highest BCUT2D eigenvalue weighted by Gasteiger charge is 2.19. The average Bonchev–Trinajstić information content (AvgIpc) is 2.67. The van der Waals surface area contributed by atoms with Crippen molar-refractivity contribution in [3.8, 4) is 0 Å². The van der Waals surface area contributed by atoms with Gasteiger partial charge in [0.2, 0.25) is 0 Å². The van der Waals surface area contributed by atoms with E-state index in [-0.39, 0.29) is 28.7 Å². The van der Waals surface area contributed by atoms with E-state index < -0.39 is 0 Å². The van der Waals surface area contributed by atoms with Gasteiger partial charge in [0.1, 0.15) is 0 Å². The summed E-state index contributed by atoms with van der Waals surface area (Å²) >= 11 is 11.9. The van der Waals surface area contributed by atoms with Gasteiger partial charge in [-0.25, -0.2) is 0 Å². The van der Waals surface area contributed by atoms with E-state index in [1.807, 2.05) is 0 Å². The minimum absolute atomic E-state index is 0. The number of Topliss-reactive ketones (excluding diaryl/α,β-unsaturated/α-hetero) is 1. The highest BCUT2D eigenvalue weighted by molar-refractivity contribution is 8.93. The summed E-state index contributed by atoms with van der Waals surface area (Å²) in [6, 6.07) is 5.06. The van der Waals surface area contributed by atoms with Crippen molar-refractivity contribution in [2.45, 2.75) is 90.4 Å². The summed E-state index contributed by atoms with van der Waals surface area (Å²) < 4.78 is 0. The van der Waals surface area contributed by atoms with E-state index in [9.17, 15) is 4.79 Å². The molecule has 1 unspecified atom stereocenters. The fraction of sp³-hybridized carbons (Fsp3) is 0.696. The lowest BCUT2D eigenvalue weighted by Gasteiger charge is -2.14. The first-order valence-corrected chi connectivity index (χ1v) is 11.5. The maximum Gasteiger partial charge on any atom is 0.167 e. The van der Waals surface area contributed by atoms with Gasteiger partial charge < -0.3 is 5.73 Å². The molecule has 0 spiro atoms. The zero-order valence-corrected chi connectivity index (χ0v) is 20.6. The molecule has 0 bridgehead atoms. The summed E-state index contributed by atoms with van der Waals surface area (Å²) in [5, 5.41) is 0.891. The third-order valence-electron chi connectivity index (χ3n) is 5.27. The monoisotopic (exact) mass is 493 g/mol. The highest BCUT2D eigenvalue weighted by Crippen LogP contribution is 2.25. The lowest BCUT2D eigenvalue weighted by atomic mass is 9.92. The number of benzene rings is 1. The van der Waals surface area contributed by atoms with Crippen molar-refractivity contribution in [3.05, 3.63) is 33.8 Å². The molecule has 0 saturated heterocycles. The Morgan fingerprint density at radius 1 is 0.857 bits per heavy atom. The van der Waals surface area contributed by atoms with Gasteiger partial charge in [0.25, 0.3) is 0 Å². The quantitative estimate of drug-likeness (QED) is 0.185. The minimum Gasteiger partial charge on any atom is -0.330 e. The third-order valence-corrected chi connectivity index (χ3v) is 6.00. The van der Waals surface area contributed by atoms with Crippen LogP contribution in [0.2, 0.25) is 10.0 Å². The Balaban J connectivity index is 0.00000729. The lowest BCUT2D eigenvalue weighted by Crippen LogP contribution is -2.23. The Morgan fingerprint density at radius 3 is 1.82 bits per heavy atom. The molecule has 0 radical (unpaired) electrons. The first-order chi connectivity index (χ1) is 13.1. The second-order valence-electron chi connectivity index (χ2n) is 7.60. The predicted octanol–water partition coefficient (Wildman–Crippen LogP) is 8.42. The normalized spacial score (nSPS) is 11.9. The van der Waals surface area contributed by atoms with Crippen molar-refractivity contribution in [2.75, 3.05) is 6.54 Å². The van der Waals surface area contributed by atoms with Crippen LogP contribution in [0.1, 0.15) is 101 Å². The van der Waals surface area contributed by atoms with Crippen molar-refractivity contribution in [3.63, 3.8) is 0 Å². The molecule has 0 aromatic heterocycles. The van der Waals surface area contributed by atoms with Crippen molar-refractivity contribution in [1.82, 2.24) is 0 Å². The number of rotatable bonds is 16. The van der Waals surface area contributed by atoms with Crippen molar-refractivity contribution < 1.29 is 4.79 Å². The Morgan fingerprint density at radius 2 is 1.36 bits per heavy atom. The molecule has 1 aromatic carbocycles. The van der Waals surface area contributed by atoms with Gasteiger partial charge in [-0.05, 0) is 24.6 Å². The summed E-state index contributed by atoms with van der Waals surface area (Å²) in [5.74, 6) is -0.0375. The van der Waals surface area contributed by atoms with Crippen LogP contribution in [0, 0.1) is 5.92 Å². The van der Waals surface area contributed by atoms with Crippen LogP contribution in [0.5, 0.6) is 0 Å². The average molecular weight is 495 g/mol. The molecule has 1 aromatic rings. The summed E-state index contributed by atoms with van der Waals surface area (Å²) in [6.45, 7) is 2.65. The molecule has 0 aliphatic rings. The maximum absolute atomic E-state index is 12.6. The van der Waals surface area contributed by atoms with E-state index in [1.54, 1.807) is 18.2 Å². The molecule has 162 valence electrons. The van der Waals surface area contributed by atoms with Crippen LogP contribution in [0.3, 0.4) is 0 Å². The second kappa shape index (κ2) is 17.7. The van der Waals surface area contributed by atoms with Crippen molar-refractivity contribution in [2.24, 2.45) is 11.7 Å². The van der Waals surface area contributed by atoms with Crippen molar-refractivity contribution in [1.29, 1.82) is 0 Å². The fourth-order valence-electron chi connectivity index (χ4n) is 3.47. The standard InChI is InChI=1S/C23H37Cl2NO.BrH/c1-2-3-4-5-6-7-8-9-10-11-12-13-14-20(18-26)23(27)19-15-16-21(24)22(25)17-19;/h15-17,20H,2-14,18,26H2,1H3;1H. The number of hydrogen-bond acceptors (Lipinski definition) is 2. The molecule has 1 rings (SSSR count). The number of nitrogens with two attached hydrogens (primary N) is 1. The topological polar surface area (TPSA) is 43.1 Å². The summed E-state index contributed by atoms with van der Waals surface area (Å²) in [5.41, 5.74) is 6.45. The number of halogens is 3. The van der Waals surface area contributed by atoms with Crippen molar-refractivity contribution >= 4 is 46.0 Å². The number of unbranched alkanes of at least 4 members (excludes halogenated alkanes) is 11. The molecule has 5 heteroatoms. The zero-order chi connectivity index (χ0) is 19.9. The first kappa shape index (κ1) is 27.9. The number of ketones is 1. The van der Waals surface area contributed by atoms with Crippen LogP contribution in [0.15, 0.2) is 18.2 Å². The Hall–Kier alpha value is -0.0900. The SMILES string of the molecule is Br.CCCCCCCCCCCCCCC(CN)C(=O)c1ccc(Cl)c(Cl)c1. The summed E-state index contributed by atoms with van der Waals surface area (Å²) in [4.78, 5) is 12.6. The van der Waals surface area contributed by atoms with Gasteiger partial charge in [0.05, 0.1) is 10.0 Å². The van der Waals surface area contributed by atoms with E-state index in [2.05, 4.69) is 6.92 Å². The predicted molar refractivity (Wildman–Crippen MR) is 129 cm³/mol. The largest absolute Gasteiger partial charge is 0.330 e. The van der Waals surface area contributed by atoms with Crippen LogP contribution >= 0.6 is 40.2 Å². The number of carbonyl (C=O) groups excluding carboxylic acids is 1. The molecule has 1 atom stereocenters. The van der Waals surface area contributed by atoms with Gasteiger partial charge in [-0.3, -0.25) is 4.79 Å². The van der Waals surface area contributed by atoms with E-state index in [4.69, 9.17) is 28.9 Å². The van der Waals surface area contributed by atoms with Gasteiger partial charge in [-0.15, -0.1) is 17.0 Å². The van der Waals surface area contributed by atoms with Gasteiger partial charge in [-0.1, -0.05) is 107 Å². The first-order valence-electron chi connectivity index (χ1n) is 10.8. The van der Waals surface area contributed by atoms with E-state index >= 15 is 0 Å². The van der Waals surface area contributed by atoms with E-state index in [0.717, 1.165) is 12.8 Å². The van der Waals surface area contributed by atoms with Gasteiger partial charge in [0.15, 0.2) is 5.78 Å².